The van der Waals surface area contributed by atoms with E-state index in [0.717, 1.165) is 43.1 Å². The van der Waals surface area contributed by atoms with E-state index in [4.69, 9.17) is 4.74 Å². The second kappa shape index (κ2) is 6.06. The lowest BCUT2D eigenvalue weighted by atomic mass is 10.1. The Morgan fingerprint density at radius 3 is 2.56 bits per heavy atom. The van der Waals surface area contributed by atoms with Crippen molar-refractivity contribution in [2.24, 2.45) is 0 Å². The monoisotopic (exact) mass is 242 g/mol. The predicted octanol–water partition coefficient (Wildman–Crippen LogP) is 2.25. The van der Waals surface area contributed by atoms with Crippen molar-refractivity contribution in [2.45, 2.75) is 32.8 Å². The van der Waals surface area contributed by atoms with E-state index >= 15 is 0 Å². The molecule has 90 valence electrons. The summed E-state index contributed by atoms with van der Waals surface area (Å²) in [5, 5.41) is 3.33. The Morgan fingerprint density at radius 2 is 1.94 bits per heavy atom. The highest BCUT2D eigenvalue weighted by atomic mass is 35.5. The van der Waals surface area contributed by atoms with Crippen molar-refractivity contribution < 1.29 is 4.74 Å². The van der Waals surface area contributed by atoms with Gasteiger partial charge in [0, 0.05) is 5.69 Å². The number of hydrogen-bond donors (Lipinski definition) is 1. The van der Waals surface area contributed by atoms with Gasteiger partial charge >= 0.3 is 0 Å². The van der Waals surface area contributed by atoms with E-state index in [-0.39, 0.29) is 12.4 Å². The Balaban J connectivity index is 0.00000128. The minimum Gasteiger partial charge on any atom is -0.488 e. The van der Waals surface area contributed by atoms with Gasteiger partial charge in [-0.2, -0.15) is 0 Å². The number of pyridine rings is 1. The van der Waals surface area contributed by atoms with Crippen LogP contribution in [0.15, 0.2) is 12.1 Å². The molecule has 4 heteroatoms. The first-order chi connectivity index (χ1) is 7.25. The van der Waals surface area contributed by atoms with Gasteiger partial charge in [0.05, 0.1) is 5.69 Å². The van der Waals surface area contributed by atoms with Gasteiger partial charge in [-0.25, -0.2) is 0 Å². The summed E-state index contributed by atoms with van der Waals surface area (Å²) in [6.07, 6.45) is 2.54. The van der Waals surface area contributed by atoms with E-state index in [1.54, 1.807) is 0 Å². The summed E-state index contributed by atoms with van der Waals surface area (Å²) in [6.45, 7) is 6.12. The molecule has 0 amide bonds. The summed E-state index contributed by atoms with van der Waals surface area (Å²) in [6, 6.07) is 4.03. The summed E-state index contributed by atoms with van der Waals surface area (Å²) in [4.78, 5) is 4.40. The van der Waals surface area contributed by atoms with Crippen LogP contribution in [0.25, 0.3) is 0 Å². The van der Waals surface area contributed by atoms with Gasteiger partial charge in [0.2, 0.25) is 0 Å². The van der Waals surface area contributed by atoms with Gasteiger partial charge < -0.3 is 10.1 Å². The molecule has 0 aromatic carbocycles. The lowest BCUT2D eigenvalue weighted by Gasteiger charge is -2.24. The Kier molecular flexibility index (Phi) is 5.03. The molecule has 1 saturated heterocycles. The third-order valence-corrected chi connectivity index (χ3v) is 2.76. The molecule has 1 aromatic rings. The number of rotatable bonds is 2. The molecule has 1 N–H and O–H groups in total. The fourth-order valence-corrected chi connectivity index (χ4v) is 1.89. The second-order valence-electron chi connectivity index (χ2n) is 4.10. The first-order valence-electron chi connectivity index (χ1n) is 5.57. The molecule has 1 aliphatic heterocycles. The molecule has 2 heterocycles. The van der Waals surface area contributed by atoms with Crippen LogP contribution >= 0.6 is 12.4 Å². The lowest BCUT2D eigenvalue weighted by molar-refractivity contribution is 0.160. The van der Waals surface area contributed by atoms with Gasteiger partial charge in [0.25, 0.3) is 0 Å². The summed E-state index contributed by atoms with van der Waals surface area (Å²) in [7, 11) is 0. The van der Waals surface area contributed by atoms with Crippen LogP contribution in [-0.2, 0) is 0 Å². The summed E-state index contributed by atoms with van der Waals surface area (Å²) in [5.41, 5.74) is 2.04. The van der Waals surface area contributed by atoms with E-state index in [1.165, 1.54) is 0 Å². The van der Waals surface area contributed by atoms with Crippen LogP contribution in [0, 0.1) is 13.8 Å². The molecule has 0 atom stereocenters. The maximum absolute atomic E-state index is 5.94. The largest absolute Gasteiger partial charge is 0.488 e. The van der Waals surface area contributed by atoms with E-state index in [9.17, 15) is 0 Å². The molecule has 1 aliphatic rings. The van der Waals surface area contributed by atoms with Crippen molar-refractivity contribution in [3.05, 3.63) is 23.5 Å². The third kappa shape index (κ3) is 3.35. The zero-order valence-corrected chi connectivity index (χ0v) is 10.6. The van der Waals surface area contributed by atoms with Gasteiger partial charge in [-0.05, 0) is 51.9 Å². The van der Waals surface area contributed by atoms with Crippen LogP contribution in [-0.4, -0.2) is 24.2 Å². The highest BCUT2D eigenvalue weighted by Gasteiger charge is 2.15. The molecular formula is C12H19ClN2O. The molecule has 0 spiro atoms. The molecule has 1 aromatic heterocycles. The number of ether oxygens (including phenoxy) is 1. The predicted molar refractivity (Wildman–Crippen MR) is 67.5 cm³/mol. The number of hydrogen-bond acceptors (Lipinski definition) is 3. The van der Waals surface area contributed by atoms with Crippen molar-refractivity contribution in [1.82, 2.24) is 10.3 Å². The van der Waals surface area contributed by atoms with Crippen LogP contribution in [0.3, 0.4) is 0 Å². The molecule has 16 heavy (non-hydrogen) atoms. The summed E-state index contributed by atoms with van der Waals surface area (Å²) >= 11 is 0. The smallest absolute Gasteiger partial charge is 0.140 e. The SMILES string of the molecule is Cc1ccc(OC2CCNCC2)c(C)n1.Cl. The molecule has 1 fully saturated rings. The molecule has 0 saturated carbocycles. The Labute approximate surface area is 103 Å². The van der Waals surface area contributed by atoms with Crippen molar-refractivity contribution in [3.8, 4) is 5.75 Å². The van der Waals surface area contributed by atoms with E-state index in [2.05, 4.69) is 10.3 Å². The summed E-state index contributed by atoms with van der Waals surface area (Å²) < 4.78 is 5.94. The number of aromatic nitrogens is 1. The minimum atomic E-state index is 0. The van der Waals surface area contributed by atoms with Gasteiger partial charge in [0.1, 0.15) is 11.9 Å². The average molecular weight is 243 g/mol. The average Bonchev–Trinajstić information content (AvgIpc) is 2.24. The number of nitrogens with zero attached hydrogens (tertiary/aromatic N) is 1. The number of nitrogens with one attached hydrogen (secondary N) is 1. The normalized spacial score (nSPS) is 16.6. The van der Waals surface area contributed by atoms with Crippen LogP contribution in [0.4, 0.5) is 0 Å². The van der Waals surface area contributed by atoms with Gasteiger partial charge in [-0.15, -0.1) is 12.4 Å². The van der Waals surface area contributed by atoms with Gasteiger partial charge in [-0.3, -0.25) is 4.98 Å². The maximum atomic E-state index is 5.94. The number of halogens is 1. The Bertz CT molecular complexity index is 338. The van der Waals surface area contributed by atoms with Crippen LogP contribution in [0.1, 0.15) is 24.2 Å². The number of aryl methyl sites for hydroxylation is 2. The molecule has 0 unspecified atom stereocenters. The van der Waals surface area contributed by atoms with Crippen LogP contribution in [0.5, 0.6) is 5.75 Å². The topological polar surface area (TPSA) is 34.1 Å². The number of piperidine rings is 1. The zero-order valence-electron chi connectivity index (χ0n) is 9.82. The van der Waals surface area contributed by atoms with E-state index in [0.29, 0.717) is 6.10 Å². The van der Waals surface area contributed by atoms with E-state index < -0.39 is 0 Å². The van der Waals surface area contributed by atoms with Crippen LogP contribution < -0.4 is 10.1 Å². The Morgan fingerprint density at radius 1 is 1.25 bits per heavy atom. The quantitative estimate of drug-likeness (QED) is 0.864. The molecular weight excluding hydrogens is 224 g/mol. The fraction of sp³-hybridized carbons (Fsp3) is 0.583. The van der Waals surface area contributed by atoms with Crippen molar-refractivity contribution >= 4 is 12.4 Å². The zero-order chi connectivity index (χ0) is 10.7. The standard InChI is InChI=1S/C12H18N2O.ClH/c1-9-3-4-12(10(2)14-9)15-11-5-7-13-8-6-11;/h3-4,11,13H,5-8H2,1-2H3;1H. The van der Waals surface area contributed by atoms with Gasteiger partial charge in [-0.1, -0.05) is 0 Å². The highest BCUT2D eigenvalue weighted by Crippen LogP contribution is 2.19. The first kappa shape index (κ1) is 13.3. The molecule has 2 rings (SSSR count). The molecule has 0 bridgehead atoms. The van der Waals surface area contributed by atoms with Crippen molar-refractivity contribution in [1.29, 1.82) is 0 Å². The van der Waals surface area contributed by atoms with Crippen LogP contribution in [0.2, 0.25) is 0 Å². The molecule has 0 radical (unpaired) electrons. The Hall–Kier alpha value is -0.800. The molecule has 3 nitrogen and oxygen atoms in total. The van der Waals surface area contributed by atoms with E-state index in [1.807, 2.05) is 26.0 Å². The molecule has 0 aliphatic carbocycles. The third-order valence-electron chi connectivity index (χ3n) is 2.76. The first-order valence-corrected chi connectivity index (χ1v) is 5.57. The summed E-state index contributed by atoms with van der Waals surface area (Å²) in [5.74, 6) is 0.938. The van der Waals surface area contributed by atoms with Crippen molar-refractivity contribution in [2.75, 3.05) is 13.1 Å². The fourth-order valence-electron chi connectivity index (χ4n) is 1.89. The van der Waals surface area contributed by atoms with Gasteiger partial charge in [0.15, 0.2) is 0 Å². The highest BCUT2D eigenvalue weighted by molar-refractivity contribution is 5.85. The minimum absolute atomic E-state index is 0. The second-order valence-corrected chi connectivity index (χ2v) is 4.10. The maximum Gasteiger partial charge on any atom is 0.140 e. The lowest BCUT2D eigenvalue weighted by Crippen LogP contribution is -2.34. The van der Waals surface area contributed by atoms with Crippen molar-refractivity contribution in [3.63, 3.8) is 0 Å².